The van der Waals surface area contributed by atoms with Crippen LogP contribution in [-0.4, -0.2) is 30.1 Å². The summed E-state index contributed by atoms with van der Waals surface area (Å²) in [6.45, 7) is 0. The lowest BCUT2D eigenvalue weighted by Crippen LogP contribution is -2.20. The van der Waals surface area contributed by atoms with Gasteiger partial charge in [0.05, 0.1) is 0 Å². The van der Waals surface area contributed by atoms with Crippen molar-refractivity contribution in [2.75, 3.05) is 29.6 Å². The summed E-state index contributed by atoms with van der Waals surface area (Å²) >= 11 is 0. The molecule has 6 nitrogen and oxygen atoms in total. The first-order chi connectivity index (χ1) is 9.15. The van der Waals surface area contributed by atoms with Gasteiger partial charge in [-0.25, -0.2) is 14.8 Å². The molecule has 1 heterocycles. The number of amides is 2. The molecule has 0 unspecified atom stereocenters. The standard InChI is InChI=1S/C13H15N5O/c1-18(2)11-6-4-10(5-7-11)16-13(19)17-12-14-8-3-9-15-12/h3-9H,1-2H3,(H2,14,15,16,17,19). The van der Waals surface area contributed by atoms with E-state index in [0.717, 1.165) is 5.69 Å². The number of urea groups is 1. The molecule has 0 aliphatic carbocycles. The van der Waals surface area contributed by atoms with Crippen molar-refractivity contribution in [3.05, 3.63) is 42.7 Å². The van der Waals surface area contributed by atoms with E-state index in [1.807, 2.05) is 43.3 Å². The molecule has 2 N–H and O–H groups in total. The molecule has 0 saturated heterocycles. The minimum atomic E-state index is -0.371. The number of hydrogen-bond donors (Lipinski definition) is 2. The Bertz CT molecular complexity index is 539. The van der Waals surface area contributed by atoms with Crippen LogP contribution in [0.3, 0.4) is 0 Å². The minimum Gasteiger partial charge on any atom is -0.378 e. The molecular formula is C13H15N5O. The SMILES string of the molecule is CN(C)c1ccc(NC(=O)Nc2ncccn2)cc1. The number of aromatic nitrogens is 2. The third kappa shape index (κ3) is 3.67. The highest BCUT2D eigenvalue weighted by molar-refractivity contribution is 5.98. The average Bonchev–Trinajstić information content (AvgIpc) is 2.40. The molecule has 0 bridgehead atoms. The van der Waals surface area contributed by atoms with Crippen LogP contribution in [0.2, 0.25) is 0 Å². The minimum absolute atomic E-state index is 0.268. The second-order valence-electron chi connectivity index (χ2n) is 4.09. The van der Waals surface area contributed by atoms with Crippen LogP contribution < -0.4 is 15.5 Å². The van der Waals surface area contributed by atoms with E-state index >= 15 is 0 Å². The molecule has 19 heavy (non-hydrogen) atoms. The van der Waals surface area contributed by atoms with Gasteiger partial charge in [0, 0.05) is 37.9 Å². The van der Waals surface area contributed by atoms with E-state index in [1.54, 1.807) is 18.5 Å². The highest BCUT2D eigenvalue weighted by Crippen LogP contribution is 2.15. The number of rotatable bonds is 3. The van der Waals surface area contributed by atoms with Crippen LogP contribution >= 0.6 is 0 Å². The van der Waals surface area contributed by atoms with Crippen molar-refractivity contribution < 1.29 is 4.79 Å². The van der Waals surface area contributed by atoms with Gasteiger partial charge in [-0.15, -0.1) is 0 Å². The molecule has 2 amide bonds. The summed E-state index contributed by atoms with van der Waals surface area (Å²) in [5.41, 5.74) is 1.77. The van der Waals surface area contributed by atoms with E-state index in [2.05, 4.69) is 20.6 Å². The van der Waals surface area contributed by atoms with Crippen molar-refractivity contribution >= 4 is 23.4 Å². The van der Waals surface area contributed by atoms with Gasteiger partial charge in [-0.3, -0.25) is 5.32 Å². The summed E-state index contributed by atoms with van der Waals surface area (Å²) in [5.74, 6) is 0.268. The maximum atomic E-state index is 11.7. The van der Waals surface area contributed by atoms with Crippen LogP contribution in [0.1, 0.15) is 0 Å². The van der Waals surface area contributed by atoms with Crippen LogP contribution in [-0.2, 0) is 0 Å². The predicted molar refractivity (Wildman–Crippen MR) is 75.4 cm³/mol. The maximum absolute atomic E-state index is 11.7. The van der Waals surface area contributed by atoms with Crippen LogP contribution in [0.4, 0.5) is 22.1 Å². The van der Waals surface area contributed by atoms with Crippen molar-refractivity contribution in [2.45, 2.75) is 0 Å². The van der Waals surface area contributed by atoms with Gasteiger partial charge in [0.25, 0.3) is 0 Å². The van der Waals surface area contributed by atoms with E-state index in [0.29, 0.717) is 5.69 Å². The first-order valence-electron chi connectivity index (χ1n) is 5.77. The zero-order valence-electron chi connectivity index (χ0n) is 10.8. The molecule has 1 aromatic carbocycles. The molecule has 0 radical (unpaired) electrons. The summed E-state index contributed by atoms with van der Waals surface area (Å²) in [7, 11) is 3.92. The van der Waals surface area contributed by atoms with Crippen LogP contribution in [0.15, 0.2) is 42.7 Å². The van der Waals surface area contributed by atoms with E-state index in [-0.39, 0.29) is 12.0 Å². The van der Waals surface area contributed by atoms with E-state index in [4.69, 9.17) is 0 Å². The number of carbonyl (C=O) groups is 1. The number of nitrogens with zero attached hydrogens (tertiary/aromatic N) is 3. The van der Waals surface area contributed by atoms with Gasteiger partial charge in [0.15, 0.2) is 0 Å². The van der Waals surface area contributed by atoms with Crippen molar-refractivity contribution in [3.63, 3.8) is 0 Å². The molecule has 0 fully saturated rings. The van der Waals surface area contributed by atoms with Gasteiger partial charge in [0.1, 0.15) is 0 Å². The van der Waals surface area contributed by atoms with Gasteiger partial charge in [0.2, 0.25) is 5.95 Å². The normalized spacial score (nSPS) is 9.79. The lowest BCUT2D eigenvalue weighted by atomic mass is 10.2. The third-order valence-electron chi connectivity index (χ3n) is 2.43. The maximum Gasteiger partial charge on any atom is 0.326 e. The molecule has 0 aliphatic heterocycles. The first-order valence-corrected chi connectivity index (χ1v) is 5.77. The summed E-state index contributed by atoms with van der Waals surface area (Å²) in [6.07, 6.45) is 3.13. The van der Waals surface area contributed by atoms with Crippen LogP contribution in [0, 0.1) is 0 Å². The summed E-state index contributed by atoms with van der Waals surface area (Å²) in [5, 5.41) is 5.25. The molecule has 0 atom stereocenters. The van der Waals surface area contributed by atoms with E-state index < -0.39 is 0 Å². The molecule has 6 heteroatoms. The fourth-order valence-electron chi connectivity index (χ4n) is 1.47. The topological polar surface area (TPSA) is 70.2 Å². The molecule has 98 valence electrons. The fraction of sp³-hybridized carbons (Fsp3) is 0.154. The Balaban J connectivity index is 1.95. The van der Waals surface area contributed by atoms with Gasteiger partial charge < -0.3 is 10.2 Å². The Labute approximate surface area is 111 Å². The zero-order chi connectivity index (χ0) is 13.7. The molecule has 0 saturated carbocycles. The quantitative estimate of drug-likeness (QED) is 0.884. The summed E-state index contributed by atoms with van der Waals surface area (Å²) in [6, 6.07) is 8.83. The van der Waals surface area contributed by atoms with Gasteiger partial charge in [-0.05, 0) is 30.3 Å². The Morgan fingerprint density at radius 2 is 1.68 bits per heavy atom. The van der Waals surface area contributed by atoms with Crippen LogP contribution in [0.5, 0.6) is 0 Å². The zero-order valence-corrected chi connectivity index (χ0v) is 10.8. The predicted octanol–water partition coefficient (Wildman–Crippen LogP) is 2.19. The van der Waals surface area contributed by atoms with Crippen molar-refractivity contribution in [1.29, 1.82) is 0 Å². The number of carbonyl (C=O) groups excluding carboxylic acids is 1. The molecule has 2 aromatic rings. The van der Waals surface area contributed by atoms with Crippen molar-refractivity contribution in [2.24, 2.45) is 0 Å². The number of benzene rings is 1. The number of anilines is 3. The summed E-state index contributed by atoms with van der Waals surface area (Å²) < 4.78 is 0. The molecule has 1 aromatic heterocycles. The molecule has 2 rings (SSSR count). The lowest BCUT2D eigenvalue weighted by molar-refractivity contribution is 0.262. The van der Waals surface area contributed by atoms with Crippen molar-refractivity contribution in [3.8, 4) is 0 Å². The second-order valence-corrected chi connectivity index (χ2v) is 4.09. The highest BCUT2D eigenvalue weighted by Gasteiger charge is 2.04. The van der Waals surface area contributed by atoms with Crippen LogP contribution in [0.25, 0.3) is 0 Å². The number of nitrogens with one attached hydrogen (secondary N) is 2. The molecule has 0 spiro atoms. The Hall–Kier alpha value is -2.63. The largest absolute Gasteiger partial charge is 0.378 e. The second kappa shape index (κ2) is 5.81. The van der Waals surface area contributed by atoms with E-state index in [1.165, 1.54) is 0 Å². The first kappa shape index (κ1) is 12.8. The lowest BCUT2D eigenvalue weighted by Gasteiger charge is -2.13. The third-order valence-corrected chi connectivity index (χ3v) is 2.43. The van der Waals surface area contributed by atoms with Gasteiger partial charge >= 0.3 is 6.03 Å². The molecule has 0 aliphatic rings. The van der Waals surface area contributed by atoms with E-state index in [9.17, 15) is 4.79 Å². The van der Waals surface area contributed by atoms with Gasteiger partial charge in [-0.1, -0.05) is 0 Å². The Morgan fingerprint density at radius 1 is 1.05 bits per heavy atom. The Morgan fingerprint density at radius 3 is 2.26 bits per heavy atom. The van der Waals surface area contributed by atoms with Gasteiger partial charge in [-0.2, -0.15) is 0 Å². The average molecular weight is 257 g/mol. The molecular weight excluding hydrogens is 242 g/mol. The monoisotopic (exact) mass is 257 g/mol. The smallest absolute Gasteiger partial charge is 0.326 e. The number of hydrogen-bond acceptors (Lipinski definition) is 4. The fourth-order valence-corrected chi connectivity index (χ4v) is 1.47. The summed E-state index contributed by atoms with van der Waals surface area (Å²) in [4.78, 5) is 21.5. The Kier molecular flexibility index (Phi) is 3.92. The van der Waals surface area contributed by atoms with Crippen molar-refractivity contribution in [1.82, 2.24) is 9.97 Å². The highest BCUT2D eigenvalue weighted by atomic mass is 16.2.